The van der Waals surface area contributed by atoms with Crippen LogP contribution in [-0.2, 0) is 11.3 Å². The highest BCUT2D eigenvalue weighted by Gasteiger charge is 2.29. The Morgan fingerprint density at radius 3 is 2.54 bits per heavy atom. The molecule has 1 saturated carbocycles. The first-order chi connectivity index (χ1) is 17.9. The fourth-order valence-corrected chi connectivity index (χ4v) is 6.02. The van der Waals surface area contributed by atoms with Crippen molar-refractivity contribution >= 4 is 56.4 Å². The van der Waals surface area contributed by atoms with E-state index >= 15 is 0 Å². The lowest BCUT2D eigenvalue weighted by Gasteiger charge is -2.10. The number of nitrogens with zero attached hydrogens (tertiary/aromatic N) is 1. The van der Waals surface area contributed by atoms with E-state index in [4.69, 9.17) is 4.98 Å². The summed E-state index contributed by atoms with van der Waals surface area (Å²) in [5.41, 5.74) is 3.88. The van der Waals surface area contributed by atoms with Gasteiger partial charge in [0.25, 0.3) is 11.8 Å². The summed E-state index contributed by atoms with van der Waals surface area (Å²) in [4.78, 5) is 43.9. The zero-order chi connectivity index (χ0) is 25.9. The predicted molar refractivity (Wildman–Crippen MR) is 149 cm³/mol. The van der Waals surface area contributed by atoms with E-state index in [1.54, 1.807) is 6.92 Å². The van der Waals surface area contributed by atoms with Gasteiger partial charge in [-0.15, -0.1) is 11.8 Å². The maximum atomic E-state index is 13.3. The molecule has 3 N–H and O–H groups in total. The van der Waals surface area contributed by atoms with Gasteiger partial charge in [0.15, 0.2) is 5.13 Å². The van der Waals surface area contributed by atoms with Gasteiger partial charge in [-0.05, 0) is 56.4 Å². The molecule has 1 aliphatic heterocycles. The SMILES string of the molecule is CC(=O)C1CC=C(c2nc(Nc3cc(C(=O)NC4CC4)ccc3C)sc2C(=O)NCc2ccccc2)S1. The first-order valence-electron chi connectivity index (χ1n) is 12.3. The van der Waals surface area contributed by atoms with Gasteiger partial charge in [0.1, 0.15) is 16.4 Å². The van der Waals surface area contributed by atoms with E-state index in [1.807, 2.05) is 61.5 Å². The van der Waals surface area contributed by atoms with Gasteiger partial charge in [0.2, 0.25) is 0 Å². The zero-order valence-corrected chi connectivity index (χ0v) is 22.3. The molecule has 1 fully saturated rings. The maximum absolute atomic E-state index is 13.3. The normalized spacial score (nSPS) is 16.7. The summed E-state index contributed by atoms with van der Waals surface area (Å²) in [6.07, 6.45) is 4.66. The number of amides is 2. The number of allylic oxidation sites excluding steroid dienone is 1. The summed E-state index contributed by atoms with van der Waals surface area (Å²) >= 11 is 2.72. The van der Waals surface area contributed by atoms with Crippen LogP contribution in [0, 0.1) is 6.92 Å². The van der Waals surface area contributed by atoms with Crippen LogP contribution in [0.15, 0.2) is 54.6 Å². The molecule has 37 heavy (non-hydrogen) atoms. The number of carbonyl (C=O) groups is 3. The molecule has 3 aromatic rings. The Morgan fingerprint density at radius 1 is 1.05 bits per heavy atom. The van der Waals surface area contributed by atoms with Crippen molar-refractivity contribution in [1.82, 2.24) is 15.6 Å². The van der Waals surface area contributed by atoms with Crippen molar-refractivity contribution < 1.29 is 14.4 Å². The second kappa shape index (κ2) is 10.9. The third-order valence-corrected chi connectivity index (χ3v) is 8.65. The van der Waals surface area contributed by atoms with Gasteiger partial charge in [-0.1, -0.05) is 53.8 Å². The number of ketones is 1. The third-order valence-electron chi connectivity index (χ3n) is 6.26. The van der Waals surface area contributed by atoms with Gasteiger partial charge in [0.05, 0.1) is 5.25 Å². The van der Waals surface area contributed by atoms with Crippen molar-refractivity contribution in [3.63, 3.8) is 0 Å². The molecule has 2 amide bonds. The van der Waals surface area contributed by atoms with Crippen LogP contribution in [0.4, 0.5) is 10.8 Å². The number of thiazole rings is 1. The molecule has 5 rings (SSSR count). The number of rotatable bonds is 9. The molecule has 2 aromatic carbocycles. The van der Waals surface area contributed by atoms with Gasteiger partial charge < -0.3 is 16.0 Å². The Balaban J connectivity index is 1.40. The standard InChI is InChI=1S/C28H28N4O3S2/c1-16-8-9-19(26(34)30-20-10-11-20)14-21(16)31-28-32-24(23-13-12-22(36-23)17(2)33)25(37-28)27(35)29-15-18-6-4-3-5-7-18/h3-9,13-14,20,22H,10-12,15H2,1-2H3,(H,29,35)(H,30,34)(H,31,32). The summed E-state index contributed by atoms with van der Waals surface area (Å²) < 4.78 is 0. The number of thioether (sulfide) groups is 1. The highest BCUT2D eigenvalue weighted by molar-refractivity contribution is 8.09. The number of carbonyl (C=O) groups excluding carboxylic acids is 3. The molecule has 0 radical (unpaired) electrons. The van der Waals surface area contributed by atoms with Crippen molar-refractivity contribution in [1.29, 1.82) is 0 Å². The Kier molecular flexibility index (Phi) is 7.43. The molecule has 1 unspecified atom stereocenters. The van der Waals surface area contributed by atoms with E-state index in [0.717, 1.165) is 34.6 Å². The Labute approximate surface area is 224 Å². The predicted octanol–water partition coefficient (Wildman–Crippen LogP) is 5.45. The van der Waals surface area contributed by atoms with E-state index in [9.17, 15) is 14.4 Å². The monoisotopic (exact) mass is 532 g/mol. The van der Waals surface area contributed by atoms with Gasteiger partial charge in [-0.25, -0.2) is 4.98 Å². The summed E-state index contributed by atoms with van der Waals surface area (Å²) in [5, 5.41) is 9.74. The molecule has 2 aliphatic rings. The van der Waals surface area contributed by atoms with Crippen molar-refractivity contribution in [3.05, 3.63) is 81.9 Å². The number of hydrogen-bond acceptors (Lipinski definition) is 7. The number of nitrogens with one attached hydrogen (secondary N) is 3. The topological polar surface area (TPSA) is 100 Å². The van der Waals surface area contributed by atoms with Crippen LogP contribution in [0.3, 0.4) is 0 Å². The van der Waals surface area contributed by atoms with Gasteiger partial charge >= 0.3 is 0 Å². The smallest absolute Gasteiger partial charge is 0.264 e. The first kappa shape index (κ1) is 25.2. The molecule has 9 heteroatoms. The molecule has 0 bridgehead atoms. The average molecular weight is 533 g/mol. The van der Waals surface area contributed by atoms with Gasteiger partial charge in [0, 0.05) is 28.7 Å². The molecule has 2 heterocycles. The number of aromatic nitrogens is 1. The van der Waals surface area contributed by atoms with Crippen molar-refractivity contribution in [2.24, 2.45) is 0 Å². The molecular weight excluding hydrogens is 504 g/mol. The largest absolute Gasteiger partial charge is 0.349 e. The fraction of sp³-hybridized carbons (Fsp3) is 0.286. The lowest BCUT2D eigenvalue weighted by atomic mass is 10.1. The molecule has 0 spiro atoms. The average Bonchev–Trinajstić information content (AvgIpc) is 3.39. The van der Waals surface area contributed by atoms with E-state index < -0.39 is 0 Å². The third kappa shape index (κ3) is 6.11. The maximum Gasteiger partial charge on any atom is 0.264 e. The van der Waals surface area contributed by atoms with Crippen LogP contribution < -0.4 is 16.0 Å². The molecule has 0 saturated heterocycles. The molecule has 1 aromatic heterocycles. The first-order valence-corrected chi connectivity index (χ1v) is 14.0. The second-order valence-corrected chi connectivity index (χ2v) is 11.5. The Hall–Kier alpha value is -3.43. The van der Waals surface area contributed by atoms with Gasteiger partial charge in [-0.2, -0.15) is 0 Å². The molecule has 1 aliphatic carbocycles. The molecule has 7 nitrogen and oxygen atoms in total. The number of Topliss-reactive ketones (excluding diaryl/α,β-unsaturated/α-hetero) is 1. The lowest BCUT2D eigenvalue weighted by Crippen LogP contribution is -2.25. The minimum atomic E-state index is -0.216. The second-order valence-electron chi connectivity index (χ2n) is 9.29. The van der Waals surface area contributed by atoms with Crippen LogP contribution >= 0.6 is 23.1 Å². The number of aryl methyl sites for hydroxylation is 1. The Bertz CT molecular complexity index is 1380. The van der Waals surface area contributed by atoms with E-state index in [2.05, 4.69) is 16.0 Å². The van der Waals surface area contributed by atoms with Crippen LogP contribution in [0.1, 0.15) is 63.0 Å². The van der Waals surface area contributed by atoms with Crippen LogP contribution in [-0.4, -0.2) is 33.9 Å². The fourth-order valence-electron chi connectivity index (χ4n) is 3.93. The van der Waals surface area contributed by atoms with Crippen molar-refractivity contribution in [3.8, 4) is 0 Å². The van der Waals surface area contributed by atoms with Crippen LogP contribution in [0.5, 0.6) is 0 Å². The van der Waals surface area contributed by atoms with Gasteiger partial charge in [-0.3, -0.25) is 14.4 Å². The summed E-state index contributed by atoms with van der Waals surface area (Å²) in [7, 11) is 0. The molecule has 1 atom stereocenters. The lowest BCUT2D eigenvalue weighted by molar-refractivity contribution is -0.116. The van der Waals surface area contributed by atoms with Crippen molar-refractivity contribution in [2.75, 3.05) is 5.32 Å². The zero-order valence-electron chi connectivity index (χ0n) is 20.7. The van der Waals surface area contributed by atoms with E-state index in [0.29, 0.717) is 34.2 Å². The van der Waals surface area contributed by atoms with Crippen molar-refractivity contribution in [2.45, 2.75) is 50.9 Å². The highest BCUT2D eigenvalue weighted by atomic mass is 32.2. The Morgan fingerprint density at radius 2 is 1.84 bits per heavy atom. The molecular formula is C28H28N4O3S2. The number of anilines is 2. The van der Waals surface area contributed by atoms with E-state index in [1.165, 1.54) is 23.1 Å². The minimum Gasteiger partial charge on any atom is -0.349 e. The number of hydrogen-bond donors (Lipinski definition) is 3. The summed E-state index contributed by atoms with van der Waals surface area (Å²) in [6, 6.07) is 15.5. The van der Waals surface area contributed by atoms with Crippen LogP contribution in [0.2, 0.25) is 0 Å². The number of benzene rings is 2. The minimum absolute atomic E-state index is 0.0888. The van der Waals surface area contributed by atoms with Crippen LogP contribution in [0.25, 0.3) is 4.91 Å². The molecule has 190 valence electrons. The van der Waals surface area contributed by atoms with E-state index in [-0.39, 0.29) is 28.9 Å². The highest BCUT2D eigenvalue weighted by Crippen LogP contribution is 2.43. The summed E-state index contributed by atoms with van der Waals surface area (Å²) in [6.45, 7) is 3.95. The quantitative estimate of drug-likeness (QED) is 0.339. The summed E-state index contributed by atoms with van der Waals surface area (Å²) in [5.74, 6) is -0.197.